The third-order valence-corrected chi connectivity index (χ3v) is 4.18. The van der Waals surface area contributed by atoms with Crippen LogP contribution in [0, 0.1) is 0 Å². The first kappa shape index (κ1) is 13.4. The Morgan fingerprint density at radius 2 is 1.82 bits per heavy atom. The molecule has 0 saturated carbocycles. The maximum absolute atomic E-state index is 6.31. The summed E-state index contributed by atoms with van der Waals surface area (Å²) in [5, 5.41) is 0. The quantitative estimate of drug-likeness (QED) is 0.677. The minimum absolute atomic E-state index is 0.202. The van der Waals surface area contributed by atoms with Crippen molar-refractivity contribution in [2.75, 3.05) is 0 Å². The number of hydrogen-bond acceptors (Lipinski definition) is 2. The van der Waals surface area contributed by atoms with E-state index in [0.29, 0.717) is 12.2 Å². The van der Waals surface area contributed by atoms with Crippen molar-refractivity contribution in [2.24, 2.45) is 0 Å². The van der Waals surface area contributed by atoms with Crippen LogP contribution in [-0.2, 0) is 9.47 Å². The zero-order valence-corrected chi connectivity index (χ0v) is 11.5. The standard InChI is InChI=1S/C15H28O2/c1-3-4-5-9-14-10-7-12-15(17-14)11-6-8-13(2)16-15/h13-14H,3-12H2,1-2H3/t13-,14-,15+/m0/s1. The van der Waals surface area contributed by atoms with Crippen molar-refractivity contribution < 1.29 is 9.47 Å². The normalized spacial score (nSPS) is 38.5. The predicted molar refractivity (Wildman–Crippen MR) is 70.0 cm³/mol. The highest BCUT2D eigenvalue weighted by Crippen LogP contribution is 2.39. The van der Waals surface area contributed by atoms with Gasteiger partial charge in [0, 0.05) is 12.8 Å². The molecule has 2 aliphatic rings. The summed E-state index contributed by atoms with van der Waals surface area (Å²) in [5.74, 6) is -0.202. The maximum Gasteiger partial charge on any atom is 0.169 e. The lowest BCUT2D eigenvalue weighted by molar-refractivity contribution is -0.312. The van der Waals surface area contributed by atoms with Crippen LogP contribution in [0.1, 0.15) is 78.1 Å². The van der Waals surface area contributed by atoms with Gasteiger partial charge in [0.2, 0.25) is 0 Å². The summed E-state index contributed by atoms with van der Waals surface area (Å²) in [6.45, 7) is 4.44. The summed E-state index contributed by atoms with van der Waals surface area (Å²) >= 11 is 0. The fourth-order valence-electron chi connectivity index (χ4n) is 3.26. The number of unbranched alkanes of at least 4 members (excludes halogenated alkanes) is 2. The highest BCUT2D eigenvalue weighted by Gasteiger charge is 2.41. The fraction of sp³-hybridized carbons (Fsp3) is 1.00. The molecule has 2 rings (SSSR count). The van der Waals surface area contributed by atoms with Gasteiger partial charge >= 0.3 is 0 Å². The molecule has 0 radical (unpaired) electrons. The Bertz CT molecular complexity index is 225. The minimum atomic E-state index is -0.202. The van der Waals surface area contributed by atoms with Gasteiger partial charge in [0.25, 0.3) is 0 Å². The van der Waals surface area contributed by atoms with E-state index in [1.54, 1.807) is 0 Å². The van der Waals surface area contributed by atoms with Gasteiger partial charge in [-0.25, -0.2) is 0 Å². The van der Waals surface area contributed by atoms with Crippen LogP contribution in [0.4, 0.5) is 0 Å². The first-order valence-corrected chi connectivity index (χ1v) is 7.60. The van der Waals surface area contributed by atoms with E-state index in [1.165, 1.54) is 51.4 Å². The van der Waals surface area contributed by atoms with Gasteiger partial charge in [-0.15, -0.1) is 0 Å². The lowest BCUT2D eigenvalue weighted by atomic mass is 9.92. The van der Waals surface area contributed by atoms with E-state index in [2.05, 4.69) is 13.8 Å². The molecule has 3 atom stereocenters. The summed E-state index contributed by atoms with van der Waals surface area (Å²) < 4.78 is 12.4. The molecule has 0 aromatic carbocycles. The Kier molecular flexibility index (Phi) is 4.87. The molecule has 100 valence electrons. The summed E-state index contributed by atoms with van der Waals surface area (Å²) in [5.41, 5.74) is 0. The van der Waals surface area contributed by atoms with Crippen molar-refractivity contribution in [1.82, 2.24) is 0 Å². The van der Waals surface area contributed by atoms with Crippen molar-refractivity contribution in [3.05, 3.63) is 0 Å². The van der Waals surface area contributed by atoms with Crippen LogP contribution in [0.5, 0.6) is 0 Å². The third kappa shape index (κ3) is 3.69. The van der Waals surface area contributed by atoms with Gasteiger partial charge in [0.05, 0.1) is 12.2 Å². The van der Waals surface area contributed by atoms with Crippen molar-refractivity contribution >= 4 is 0 Å². The smallest absolute Gasteiger partial charge is 0.169 e. The second-order valence-electron chi connectivity index (χ2n) is 5.86. The van der Waals surface area contributed by atoms with Gasteiger partial charge in [-0.05, 0) is 39.0 Å². The predicted octanol–water partition coefficient (Wildman–Crippen LogP) is 4.42. The van der Waals surface area contributed by atoms with Crippen LogP contribution in [0.2, 0.25) is 0 Å². The molecule has 0 N–H and O–H groups in total. The van der Waals surface area contributed by atoms with E-state index in [1.807, 2.05) is 0 Å². The SMILES string of the molecule is CCCCC[C@H]1CCC[C@@]2(CCC[C@H](C)O2)O1. The fourth-order valence-corrected chi connectivity index (χ4v) is 3.26. The first-order chi connectivity index (χ1) is 8.24. The molecule has 2 fully saturated rings. The van der Waals surface area contributed by atoms with Crippen molar-refractivity contribution in [3.8, 4) is 0 Å². The molecule has 0 amide bonds. The molecule has 2 nitrogen and oxygen atoms in total. The van der Waals surface area contributed by atoms with Crippen LogP contribution in [0.25, 0.3) is 0 Å². The lowest BCUT2D eigenvalue weighted by Crippen LogP contribution is -2.47. The van der Waals surface area contributed by atoms with E-state index >= 15 is 0 Å². The molecule has 2 heterocycles. The van der Waals surface area contributed by atoms with Crippen molar-refractivity contribution in [2.45, 2.75) is 96.1 Å². The largest absolute Gasteiger partial charge is 0.347 e. The molecule has 1 spiro atoms. The molecule has 17 heavy (non-hydrogen) atoms. The highest BCUT2D eigenvalue weighted by atomic mass is 16.7. The van der Waals surface area contributed by atoms with Crippen molar-refractivity contribution in [1.29, 1.82) is 0 Å². The van der Waals surface area contributed by atoms with E-state index in [0.717, 1.165) is 12.8 Å². The molecular formula is C15H28O2. The minimum Gasteiger partial charge on any atom is -0.347 e. The number of hydrogen-bond donors (Lipinski definition) is 0. The van der Waals surface area contributed by atoms with Gasteiger partial charge < -0.3 is 9.47 Å². The summed E-state index contributed by atoms with van der Waals surface area (Å²) in [4.78, 5) is 0. The topological polar surface area (TPSA) is 18.5 Å². The monoisotopic (exact) mass is 240 g/mol. The van der Waals surface area contributed by atoms with E-state index < -0.39 is 0 Å². The molecule has 2 heteroatoms. The van der Waals surface area contributed by atoms with Crippen molar-refractivity contribution in [3.63, 3.8) is 0 Å². The Hall–Kier alpha value is -0.0800. The summed E-state index contributed by atoms with van der Waals surface area (Å²) in [6, 6.07) is 0. The molecule has 0 aromatic rings. The van der Waals surface area contributed by atoms with Gasteiger partial charge in [-0.3, -0.25) is 0 Å². The van der Waals surface area contributed by atoms with Crippen LogP contribution in [0.15, 0.2) is 0 Å². The second kappa shape index (κ2) is 6.19. The molecule has 0 unspecified atom stereocenters. The number of rotatable bonds is 4. The zero-order valence-electron chi connectivity index (χ0n) is 11.5. The van der Waals surface area contributed by atoms with E-state index in [4.69, 9.17) is 9.47 Å². The number of ether oxygens (including phenoxy) is 2. The highest BCUT2D eigenvalue weighted by molar-refractivity contribution is 4.82. The molecule has 2 aliphatic heterocycles. The second-order valence-corrected chi connectivity index (χ2v) is 5.86. The Morgan fingerprint density at radius 1 is 1.06 bits per heavy atom. The summed E-state index contributed by atoms with van der Waals surface area (Å²) in [7, 11) is 0. The average molecular weight is 240 g/mol. The van der Waals surface area contributed by atoms with Crippen LogP contribution >= 0.6 is 0 Å². The zero-order chi connectivity index (χ0) is 12.1. The molecule has 0 aromatic heterocycles. The Labute approximate surface area is 106 Å². The third-order valence-electron chi connectivity index (χ3n) is 4.18. The Balaban J connectivity index is 1.83. The molecule has 0 aliphatic carbocycles. The maximum atomic E-state index is 6.31. The van der Waals surface area contributed by atoms with E-state index in [-0.39, 0.29) is 5.79 Å². The molecular weight excluding hydrogens is 212 g/mol. The van der Waals surface area contributed by atoms with Gasteiger partial charge in [-0.2, -0.15) is 0 Å². The van der Waals surface area contributed by atoms with Crippen LogP contribution in [-0.4, -0.2) is 18.0 Å². The molecule has 0 bridgehead atoms. The van der Waals surface area contributed by atoms with Gasteiger partial charge in [-0.1, -0.05) is 26.2 Å². The van der Waals surface area contributed by atoms with Gasteiger partial charge in [0.15, 0.2) is 5.79 Å². The Morgan fingerprint density at radius 3 is 2.53 bits per heavy atom. The lowest BCUT2D eigenvalue weighted by Gasteiger charge is -2.45. The van der Waals surface area contributed by atoms with Crippen LogP contribution < -0.4 is 0 Å². The van der Waals surface area contributed by atoms with Crippen LogP contribution in [0.3, 0.4) is 0 Å². The molecule has 2 saturated heterocycles. The van der Waals surface area contributed by atoms with Gasteiger partial charge in [0.1, 0.15) is 0 Å². The first-order valence-electron chi connectivity index (χ1n) is 7.60. The summed E-state index contributed by atoms with van der Waals surface area (Å²) in [6.07, 6.45) is 13.2. The van der Waals surface area contributed by atoms with E-state index in [9.17, 15) is 0 Å². The average Bonchev–Trinajstić information content (AvgIpc) is 2.29.